The molecule has 0 saturated heterocycles. The summed E-state index contributed by atoms with van der Waals surface area (Å²) < 4.78 is 0. The molecule has 0 fully saturated rings. The van der Waals surface area contributed by atoms with Crippen molar-refractivity contribution in [2.75, 3.05) is 6.54 Å². The summed E-state index contributed by atoms with van der Waals surface area (Å²) in [7, 11) is 0. The van der Waals surface area contributed by atoms with E-state index in [2.05, 4.69) is 11.9 Å². The SMILES string of the molecule is C=C(C)/C=C/CNC(C)=O. The van der Waals surface area contributed by atoms with E-state index in [0.717, 1.165) is 5.57 Å². The minimum Gasteiger partial charge on any atom is -0.353 e. The lowest BCUT2D eigenvalue weighted by atomic mass is 10.3. The Bertz CT molecular complexity index is 159. The topological polar surface area (TPSA) is 29.1 Å². The molecule has 0 aliphatic carbocycles. The van der Waals surface area contributed by atoms with Crippen molar-refractivity contribution in [1.29, 1.82) is 0 Å². The van der Waals surface area contributed by atoms with Crippen LogP contribution >= 0.6 is 0 Å². The highest BCUT2D eigenvalue weighted by Crippen LogP contribution is 1.86. The molecule has 0 atom stereocenters. The van der Waals surface area contributed by atoms with Crippen molar-refractivity contribution in [3.8, 4) is 0 Å². The normalized spacial score (nSPS) is 9.80. The highest BCUT2D eigenvalue weighted by atomic mass is 16.1. The maximum atomic E-state index is 10.3. The first kappa shape index (κ1) is 8.95. The largest absolute Gasteiger partial charge is 0.353 e. The Morgan fingerprint density at radius 2 is 2.20 bits per heavy atom. The van der Waals surface area contributed by atoms with Crippen LogP contribution in [0.15, 0.2) is 24.3 Å². The lowest BCUT2D eigenvalue weighted by molar-refractivity contribution is -0.118. The molecule has 56 valence electrons. The van der Waals surface area contributed by atoms with Crippen LogP contribution in [0.1, 0.15) is 13.8 Å². The fourth-order valence-electron chi connectivity index (χ4n) is 0.463. The second-order valence-electron chi connectivity index (χ2n) is 2.19. The lowest BCUT2D eigenvalue weighted by Crippen LogP contribution is -2.19. The average molecular weight is 139 g/mol. The van der Waals surface area contributed by atoms with Crippen LogP contribution in [0, 0.1) is 0 Å². The van der Waals surface area contributed by atoms with E-state index in [9.17, 15) is 4.79 Å². The van der Waals surface area contributed by atoms with Gasteiger partial charge in [0.15, 0.2) is 0 Å². The molecule has 1 N–H and O–H groups in total. The molecule has 0 unspecified atom stereocenters. The van der Waals surface area contributed by atoms with Gasteiger partial charge in [-0.3, -0.25) is 4.79 Å². The van der Waals surface area contributed by atoms with Crippen LogP contribution in [0.25, 0.3) is 0 Å². The van der Waals surface area contributed by atoms with E-state index >= 15 is 0 Å². The van der Waals surface area contributed by atoms with Gasteiger partial charge in [-0.25, -0.2) is 0 Å². The molecule has 0 bridgehead atoms. The van der Waals surface area contributed by atoms with E-state index < -0.39 is 0 Å². The number of nitrogens with one attached hydrogen (secondary N) is 1. The van der Waals surface area contributed by atoms with Crippen molar-refractivity contribution in [3.63, 3.8) is 0 Å². The van der Waals surface area contributed by atoms with Crippen molar-refractivity contribution in [2.45, 2.75) is 13.8 Å². The Kier molecular flexibility index (Phi) is 4.29. The summed E-state index contributed by atoms with van der Waals surface area (Å²) >= 11 is 0. The van der Waals surface area contributed by atoms with Crippen LogP contribution in [0.3, 0.4) is 0 Å². The number of hydrogen-bond donors (Lipinski definition) is 1. The van der Waals surface area contributed by atoms with Gasteiger partial charge in [0.05, 0.1) is 0 Å². The molecule has 0 aliphatic rings. The standard InChI is InChI=1S/C8H13NO/c1-7(2)5-4-6-9-8(3)10/h4-5H,1,6H2,2-3H3,(H,9,10)/b5-4+. The molecule has 0 rings (SSSR count). The molecular formula is C8H13NO. The molecule has 1 amide bonds. The van der Waals surface area contributed by atoms with Crippen LogP contribution in [0.2, 0.25) is 0 Å². The van der Waals surface area contributed by atoms with Crippen LogP contribution in [0.5, 0.6) is 0 Å². The second kappa shape index (κ2) is 4.79. The summed E-state index contributed by atoms with van der Waals surface area (Å²) in [5, 5.41) is 2.63. The van der Waals surface area contributed by atoms with Gasteiger partial charge in [0.1, 0.15) is 0 Å². The summed E-state index contributed by atoms with van der Waals surface area (Å²) in [6.45, 7) is 7.66. The van der Waals surface area contributed by atoms with E-state index in [1.54, 1.807) is 0 Å². The first-order valence-corrected chi connectivity index (χ1v) is 3.19. The Balaban J connectivity index is 3.36. The van der Waals surface area contributed by atoms with Crippen molar-refractivity contribution in [3.05, 3.63) is 24.3 Å². The van der Waals surface area contributed by atoms with Gasteiger partial charge in [-0.2, -0.15) is 0 Å². The van der Waals surface area contributed by atoms with Crippen LogP contribution in [-0.4, -0.2) is 12.5 Å². The first-order chi connectivity index (χ1) is 4.63. The van der Waals surface area contributed by atoms with E-state index in [1.807, 2.05) is 19.1 Å². The van der Waals surface area contributed by atoms with Gasteiger partial charge in [0.25, 0.3) is 0 Å². The molecule has 10 heavy (non-hydrogen) atoms. The molecule has 2 nitrogen and oxygen atoms in total. The molecule has 2 heteroatoms. The molecule has 0 saturated carbocycles. The van der Waals surface area contributed by atoms with E-state index in [4.69, 9.17) is 0 Å². The lowest BCUT2D eigenvalue weighted by Gasteiger charge is -1.93. The van der Waals surface area contributed by atoms with Gasteiger partial charge in [-0.05, 0) is 6.92 Å². The number of rotatable bonds is 3. The zero-order chi connectivity index (χ0) is 7.98. The monoisotopic (exact) mass is 139 g/mol. The minimum atomic E-state index is -0.00800. The third-order valence-corrected chi connectivity index (χ3v) is 0.871. The Labute approximate surface area is 61.6 Å². The summed E-state index contributed by atoms with van der Waals surface area (Å²) in [5.41, 5.74) is 0.991. The molecular weight excluding hydrogens is 126 g/mol. The maximum Gasteiger partial charge on any atom is 0.217 e. The summed E-state index contributed by atoms with van der Waals surface area (Å²) in [6, 6.07) is 0. The van der Waals surface area contributed by atoms with Gasteiger partial charge in [0.2, 0.25) is 5.91 Å². The summed E-state index contributed by atoms with van der Waals surface area (Å²) in [5.74, 6) is -0.00800. The zero-order valence-electron chi connectivity index (χ0n) is 6.48. The number of carbonyl (C=O) groups is 1. The predicted molar refractivity (Wildman–Crippen MR) is 42.6 cm³/mol. The van der Waals surface area contributed by atoms with Gasteiger partial charge >= 0.3 is 0 Å². The number of allylic oxidation sites excluding steroid dienone is 2. The molecule has 0 aromatic heterocycles. The first-order valence-electron chi connectivity index (χ1n) is 3.19. The molecule has 0 heterocycles. The van der Waals surface area contributed by atoms with Crippen LogP contribution < -0.4 is 5.32 Å². The fraction of sp³-hybridized carbons (Fsp3) is 0.375. The molecule has 0 spiro atoms. The molecule has 0 radical (unpaired) electrons. The van der Waals surface area contributed by atoms with Crippen molar-refractivity contribution < 1.29 is 4.79 Å². The highest BCUT2D eigenvalue weighted by Gasteiger charge is 1.83. The van der Waals surface area contributed by atoms with Gasteiger partial charge in [-0.1, -0.05) is 24.3 Å². The second-order valence-corrected chi connectivity index (χ2v) is 2.19. The van der Waals surface area contributed by atoms with Crippen LogP contribution in [0.4, 0.5) is 0 Å². The van der Waals surface area contributed by atoms with Crippen LogP contribution in [-0.2, 0) is 4.79 Å². The molecule has 0 aromatic carbocycles. The highest BCUT2D eigenvalue weighted by molar-refractivity contribution is 5.72. The van der Waals surface area contributed by atoms with Crippen molar-refractivity contribution >= 4 is 5.91 Å². The van der Waals surface area contributed by atoms with Crippen molar-refractivity contribution in [1.82, 2.24) is 5.32 Å². The van der Waals surface area contributed by atoms with Gasteiger partial charge in [-0.15, -0.1) is 0 Å². The molecule has 0 aliphatic heterocycles. The maximum absolute atomic E-state index is 10.3. The van der Waals surface area contributed by atoms with E-state index in [1.165, 1.54) is 6.92 Å². The fourth-order valence-corrected chi connectivity index (χ4v) is 0.463. The quantitative estimate of drug-likeness (QED) is 0.586. The smallest absolute Gasteiger partial charge is 0.217 e. The van der Waals surface area contributed by atoms with E-state index in [0.29, 0.717) is 6.54 Å². The third-order valence-electron chi connectivity index (χ3n) is 0.871. The summed E-state index contributed by atoms with van der Waals surface area (Å²) in [4.78, 5) is 10.3. The average Bonchev–Trinajstić information content (AvgIpc) is 1.79. The Morgan fingerprint density at radius 3 is 2.60 bits per heavy atom. The number of carbonyl (C=O) groups excluding carboxylic acids is 1. The Morgan fingerprint density at radius 1 is 1.60 bits per heavy atom. The summed E-state index contributed by atoms with van der Waals surface area (Å²) in [6.07, 6.45) is 3.74. The Hall–Kier alpha value is -1.05. The number of amides is 1. The predicted octanol–water partition coefficient (Wildman–Crippen LogP) is 1.25. The van der Waals surface area contributed by atoms with Crippen molar-refractivity contribution in [2.24, 2.45) is 0 Å². The third kappa shape index (κ3) is 6.95. The van der Waals surface area contributed by atoms with Gasteiger partial charge in [0, 0.05) is 13.5 Å². The number of hydrogen-bond acceptors (Lipinski definition) is 1. The van der Waals surface area contributed by atoms with Gasteiger partial charge < -0.3 is 5.32 Å². The van der Waals surface area contributed by atoms with E-state index in [-0.39, 0.29) is 5.91 Å². The minimum absolute atomic E-state index is 0.00800. The zero-order valence-corrected chi connectivity index (χ0v) is 6.48. The molecule has 0 aromatic rings.